The summed E-state index contributed by atoms with van der Waals surface area (Å²) in [7, 11) is 1.34. The van der Waals surface area contributed by atoms with Gasteiger partial charge in [0.15, 0.2) is 0 Å². The zero-order valence-corrected chi connectivity index (χ0v) is 24.6. The fourth-order valence-corrected chi connectivity index (χ4v) is 30.3. The molecule has 0 radical (unpaired) electrons. The molecule has 0 fully saturated rings. The first-order valence-electron chi connectivity index (χ1n) is 12.0. The molecule has 0 N–H and O–H groups in total. The average molecular weight is 495 g/mol. The zero-order valence-electron chi connectivity index (χ0n) is 20.1. The number of hydrogen-bond donors (Lipinski definition) is 0. The standard InChI is InChI=1S/2C13H15.2CH3.H3Si.Zr/c2*1-3-6-11-9-12-7-4-5-8-13(12)10(11)2;;;;/h2*4-5,7-9H,3,6H2,1-2H3;3*1H3;. The molecule has 30 heavy (non-hydrogen) atoms. The summed E-state index contributed by atoms with van der Waals surface area (Å²) >= 11 is -3.26. The van der Waals surface area contributed by atoms with E-state index in [4.69, 9.17) is 0 Å². The predicted molar refractivity (Wildman–Crippen MR) is 135 cm³/mol. The van der Waals surface area contributed by atoms with E-state index in [2.05, 4.69) is 85.5 Å². The van der Waals surface area contributed by atoms with E-state index in [9.17, 15) is 0 Å². The van der Waals surface area contributed by atoms with Gasteiger partial charge in [0.2, 0.25) is 0 Å². The van der Waals surface area contributed by atoms with Gasteiger partial charge in [-0.2, -0.15) is 0 Å². The molecule has 2 unspecified atom stereocenters. The van der Waals surface area contributed by atoms with Gasteiger partial charge in [0.05, 0.1) is 0 Å². The van der Waals surface area contributed by atoms with E-state index in [0.29, 0.717) is 7.25 Å². The maximum atomic E-state index is 2.83. The summed E-state index contributed by atoms with van der Waals surface area (Å²) in [6.45, 7) is 9.54. The van der Waals surface area contributed by atoms with Gasteiger partial charge in [0.25, 0.3) is 0 Å². The van der Waals surface area contributed by atoms with Crippen LogP contribution in [0.1, 0.15) is 82.9 Å². The van der Waals surface area contributed by atoms with Crippen molar-refractivity contribution in [3.63, 3.8) is 0 Å². The molecule has 0 bridgehead atoms. The van der Waals surface area contributed by atoms with Gasteiger partial charge in [-0.15, -0.1) is 0 Å². The van der Waals surface area contributed by atoms with E-state index in [1.165, 1.54) is 33.1 Å². The summed E-state index contributed by atoms with van der Waals surface area (Å²) in [6.07, 6.45) is 5.03. The Balaban J connectivity index is 1.97. The van der Waals surface area contributed by atoms with Gasteiger partial charge in [-0.05, 0) is 0 Å². The molecule has 0 amide bonds. The number of rotatable bonds is 6. The maximum absolute atomic E-state index is 3.26. The molecule has 2 atom stereocenters. The second kappa shape index (κ2) is 7.86. The molecule has 0 nitrogen and oxygen atoms in total. The van der Waals surface area contributed by atoms with Gasteiger partial charge < -0.3 is 0 Å². The molecule has 0 aliphatic heterocycles. The van der Waals surface area contributed by atoms with E-state index >= 15 is 0 Å². The zero-order chi connectivity index (χ0) is 21.7. The van der Waals surface area contributed by atoms with Crippen molar-refractivity contribution in [2.75, 3.05) is 0 Å². The van der Waals surface area contributed by atoms with Crippen molar-refractivity contribution in [3.05, 3.63) is 81.9 Å². The van der Waals surface area contributed by atoms with E-state index < -0.39 is 17.9 Å². The topological polar surface area (TPSA) is 0 Å². The molecule has 0 saturated carbocycles. The molecule has 0 aromatic heterocycles. The van der Waals surface area contributed by atoms with Crippen molar-refractivity contribution in [1.29, 1.82) is 0 Å². The third-order valence-electron chi connectivity index (χ3n) is 8.12. The number of fused-ring (bicyclic) bond motifs is 2. The van der Waals surface area contributed by atoms with Gasteiger partial charge in [-0.25, -0.2) is 0 Å². The molecule has 2 aromatic carbocycles. The second-order valence-electron chi connectivity index (χ2n) is 11.2. The van der Waals surface area contributed by atoms with E-state index in [1.807, 2.05) is 0 Å². The average Bonchev–Trinajstić information content (AvgIpc) is 3.16. The van der Waals surface area contributed by atoms with Crippen LogP contribution < -0.4 is 0 Å². The Morgan fingerprint density at radius 1 is 0.700 bits per heavy atom. The summed E-state index contributed by atoms with van der Waals surface area (Å²) in [5, 5.41) is 0. The van der Waals surface area contributed by atoms with Crippen LogP contribution in [0.2, 0.25) is 9.26 Å². The minimum atomic E-state index is -3.26. The van der Waals surface area contributed by atoms with Crippen LogP contribution in [-0.4, -0.2) is 7.37 Å². The van der Waals surface area contributed by atoms with Crippen LogP contribution in [0.3, 0.4) is 0 Å². The van der Waals surface area contributed by atoms with Crippen LogP contribution >= 0.6 is 0 Å². The minimum absolute atomic E-state index is 0.713. The Hall–Kier alpha value is -0.980. The van der Waals surface area contributed by atoms with Gasteiger partial charge in [-0.1, -0.05) is 0 Å². The molecule has 2 aliphatic rings. The molecule has 4 rings (SSSR count). The fraction of sp³-hybridized carbons (Fsp3) is 0.429. The first-order valence-corrected chi connectivity index (χ1v) is 28.1. The van der Waals surface area contributed by atoms with Crippen molar-refractivity contribution in [3.8, 4) is 0 Å². The van der Waals surface area contributed by atoms with Crippen LogP contribution in [0.5, 0.6) is 0 Å². The van der Waals surface area contributed by atoms with E-state index in [-0.39, 0.29) is 0 Å². The number of hydrogen-bond acceptors (Lipinski definition) is 0. The van der Waals surface area contributed by atoms with Crippen molar-refractivity contribution in [2.45, 2.75) is 69.9 Å². The Morgan fingerprint density at radius 2 is 1.07 bits per heavy atom. The molecule has 2 aliphatic carbocycles. The third-order valence-corrected chi connectivity index (χ3v) is 28.3. The monoisotopic (exact) mass is 493 g/mol. The molecule has 159 valence electrons. The van der Waals surface area contributed by atoms with Crippen molar-refractivity contribution >= 4 is 18.5 Å². The second-order valence-corrected chi connectivity index (χ2v) is 49.4. The fourth-order valence-electron chi connectivity index (χ4n) is 7.06. The summed E-state index contributed by atoms with van der Waals surface area (Å²) < 4.78 is 7.09. The Bertz CT molecular complexity index is 966. The van der Waals surface area contributed by atoms with E-state index in [0.717, 1.165) is 0 Å². The van der Waals surface area contributed by atoms with Gasteiger partial charge in [0.1, 0.15) is 0 Å². The summed E-state index contributed by atoms with van der Waals surface area (Å²) in [6, 6.07) is 18.8. The van der Waals surface area contributed by atoms with E-state index in [1.54, 1.807) is 44.5 Å². The van der Waals surface area contributed by atoms with Crippen molar-refractivity contribution in [2.24, 2.45) is 0 Å². The Labute approximate surface area is 187 Å². The van der Waals surface area contributed by atoms with Crippen LogP contribution in [0, 0.1) is 0 Å². The predicted octanol–water partition coefficient (Wildman–Crippen LogP) is 7.71. The van der Waals surface area contributed by atoms with Gasteiger partial charge >= 0.3 is 188 Å². The first kappa shape index (κ1) is 22.2. The Morgan fingerprint density at radius 3 is 1.43 bits per heavy atom. The van der Waals surface area contributed by atoms with Crippen LogP contribution in [0.4, 0.5) is 0 Å². The summed E-state index contributed by atoms with van der Waals surface area (Å²) in [5.41, 5.74) is 13.2. The number of allylic oxidation sites excluding steroid dienone is 4. The molecule has 2 aromatic rings. The van der Waals surface area contributed by atoms with Gasteiger partial charge in [0, 0.05) is 0 Å². The molecule has 0 heterocycles. The van der Waals surface area contributed by atoms with Crippen molar-refractivity contribution in [1.82, 2.24) is 0 Å². The normalized spacial score (nSPS) is 22.3. The molecular formula is C28H39SiZr. The molecule has 2 heteroatoms. The quantitative estimate of drug-likeness (QED) is 0.361. The summed E-state index contributed by atoms with van der Waals surface area (Å²) in [4.78, 5) is 0. The third kappa shape index (κ3) is 3.25. The summed E-state index contributed by atoms with van der Waals surface area (Å²) in [5.74, 6) is 0. The molecular weight excluding hydrogens is 456 g/mol. The number of benzene rings is 2. The molecule has 0 spiro atoms. The Kier molecular flexibility index (Phi) is 5.82. The van der Waals surface area contributed by atoms with Crippen LogP contribution in [-0.2, 0) is 17.9 Å². The van der Waals surface area contributed by atoms with Crippen LogP contribution in [0.15, 0.2) is 59.7 Å². The first-order chi connectivity index (χ1) is 14.2. The SMILES string of the molecule is CCCC1=C(C)c2ccccc2[CH]1[Zr]([CH3])([CH3])([SiH3])[CH]1C(CCC)=C(C)c2ccccc21. The van der Waals surface area contributed by atoms with Gasteiger partial charge in [-0.3, -0.25) is 0 Å². The van der Waals surface area contributed by atoms with Crippen LogP contribution in [0.25, 0.3) is 11.1 Å². The van der Waals surface area contributed by atoms with Crippen molar-refractivity contribution < 1.29 is 17.9 Å². The molecule has 0 saturated heterocycles.